The van der Waals surface area contributed by atoms with Crippen molar-refractivity contribution >= 4 is 50.3 Å². The second-order valence-electron chi connectivity index (χ2n) is 6.95. The van der Waals surface area contributed by atoms with Gasteiger partial charge in [-0.3, -0.25) is 19.6 Å². The molecule has 0 bridgehead atoms. The Morgan fingerprint density at radius 2 is 1.72 bits per heavy atom. The fourth-order valence-electron chi connectivity index (χ4n) is 2.80. The molecule has 0 heterocycles. The van der Waals surface area contributed by atoms with Crippen molar-refractivity contribution in [1.29, 1.82) is 0 Å². The molecule has 0 saturated heterocycles. The number of nitrogens with zero attached hydrogens (tertiary/aromatic N) is 2. The molecule has 3 rings (SSSR count). The molecule has 0 radical (unpaired) electrons. The predicted octanol–water partition coefficient (Wildman–Crippen LogP) is 4.37. The Hall–Kier alpha value is -3.63. The Morgan fingerprint density at radius 3 is 2.34 bits per heavy atom. The summed E-state index contributed by atoms with van der Waals surface area (Å²) in [5, 5.41) is 13.9. The van der Waals surface area contributed by atoms with Gasteiger partial charge >= 0.3 is 0 Å². The predicted molar refractivity (Wildman–Crippen MR) is 124 cm³/mol. The molecule has 0 spiro atoms. The molecule has 9 nitrogen and oxygen atoms in total. The molecule has 1 amide bonds. The van der Waals surface area contributed by atoms with Gasteiger partial charge in [-0.25, -0.2) is 8.42 Å². The molecule has 0 aromatic heterocycles. The third-order valence-corrected chi connectivity index (χ3v) is 6.05. The van der Waals surface area contributed by atoms with Crippen LogP contribution in [0.2, 0.25) is 5.02 Å². The maximum atomic E-state index is 12.9. The molecule has 0 saturated carbocycles. The number of anilines is 3. The zero-order chi connectivity index (χ0) is 23.5. The summed E-state index contributed by atoms with van der Waals surface area (Å²) in [6.45, 7) is 0. The van der Waals surface area contributed by atoms with E-state index in [0.29, 0.717) is 5.69 Å². The molecule has 166 valence electrons. The lowest BCUT2D eigenvalue weighted by Gasteiger charge is -2.15. The Bertz CT molecular complexity index is 1280. The molecule has 0 aliphatic carbocycles. The molecule has 2 N–H and O–H groups in total. The maximum Gasteiger partial charge on any atom is 0.270 e. The van der Waals surface area contributed by atoms with E-state index in [1.54, 1.807) is 12.1 Å². The Kier molecular flexibility index (Phi) is 6.66. The van der Waals surface area contributed by atoms with E-state index in [-0.39, 0.29) is 26.9 Å². The van der Waals surface area contributed by atoms with Crippen LogP contribution in [-0.2, 0) is 10.0 Å². The van der Waals surface area contributed by atoms with E-state index in [4.69, 9.17) is 11.6 Å². The fraction of sp³-hybridized carbons (Fsp3) is 0.0952. The van der Waals surface area contributed by atoms with Crippen LogP contribution in [-0.4, -0.2) is 33.3 Å². The first-order valence-electron chi connectivity index (χ1n) is 9.22. The number of nitro groups is 1. The Morgan fingerprint density at radius 1 is 1.03 bits per heavy atom. The number of sulfonamides is 1. The zero-order valence-corrected chi connectivity index (χ0v) is 18.6. The number of hydrogen-bond acceptors (Lipinski definition) is 6. The minimum atomic E-state index is -4.21. The standard InChI is InChI=1S/C21H19ClN4O5S/c1-25(2)16-9-7-15(8-10-16)23-21(27)19-12-14(22)6-11-20(19)24-32(30,31)18-5-3-4-17(13-18)26(28)29/h3-13,24H,1-2H3,(H,23,27). The van der Waals surface area contributed by atoms with Crippen LogP contribution in [0.5, 0.6) is 0 Å². The molecule has 0 aliphatic rings. The highest BCUT2D eigenvalue weighted by molar-refractivity contribution is 7.92. The molecular formula is C21H19ClN4O5S. The summed E-state index contributed by atoms with van der Waals surface area (Å²) in [7, 11) is -0.433. The molecule has 11 heteroatoms. The minimum Gasteiger partial charge on any atom is -0.378 e. The number of nitrogens with one attached hydrogen (secondary N) is 2. The molecule has 0 atom stereocenters. The van der Waals surface area contributed by atoms with Crippen LogP contribution >= 0.6 is 11.6 Å². The highest BCUT2D eigenvalue weighted by Crippen LogP contribution is 2.26. The topological polar surface area (TPSA) is 122 Å². The number of non-ortho nitro benzene ring substituents is 1. The Balaban J connectivity index is 1.89. The summed E-state index contributed by atoms with van der Waals surface area (Å²) in [5.41, 5.74) is 1.04. The second kappa shape index (κ2) is 9.25. The smallest absolute Gasteiger partial charge is 0.270 e. The van der Waals surface area contributed by atoms with Gasteiger partial charge in [0.05, 0.1) is 21.1 Å². The number of rotatable bonds is 7. The van der Waals surface area contributed by atoms with Gasteiger partial charge in [-0.2, -0.15) is 0 Å². The van der Waals surface area contributed by atoms with Crippen LogP contribution in [0, 0.1) is 10.1 Å². The molecule has 0 unspecified atom stereocenters. The first kappa shape index (κ1) is 23.0. The van der Waals surface area contributed by atoms with Gasteiger partial charge in [0.2, 0.25) is 0 Å². The lowest BCUT2D eigenvalue weighted by Crippen LogP contribution is -2.19. The van der Waals surface area contributed by atoms with E-state index >= 15 is 0 Å². The average molecular weight is 475 g/mol. The fourth-order valence-corrected chi connectivity index (χ4v) is 4.09. The highest BCUT2D eigenvalue weighted by atomic mass is 35.5. The van der Waals surface area contributed by atoms with Gasteiger partial charge in [0, 0.05) is 42.6 Å². The summed E-state index contributed by atoms with van der Waals surface area (Å²) < 4.78 is 27.9. The number of carbonyl (C=O) groups is 1. The van der Waals surface area contributed by atoms with E-state index in [0.717, 1.165) is 11.8 Å². The minimum absolute atomic E-state index is 0.0109. The molecule has 3 aromatic carbocycles. The third kappa shape index (κ3) is 5.34. The van der Waals surface area contributed by atoms with Gasteiger partial charge in [-0.15, -0.1) is 0 Å². The van der Waals surface area contributed by atoms with E-state index < -0.39 is 20.9 Å². The molecule has 3 aromatic rings. The van der Waals surface area contributed by atoms with Crippen molar-refractivity contribution in [3.05, 3.63) is 87.4 Å². The number of carbonyl (C=O) groups excluding carboxylic acids is 1. The summed E-state index contributed by atoms with van der Waals surface area (Å²) in [6, 6.07) is 15.8. The van der Waals surface area contributed by atoms with Crippen molar-refractivity contribution in [2.45, 2.75) is 4.90 Å². The molecule has 0 fully saturated rings. The lowest BCUT2D eigenvalue weighted by atomic mass is 10.1. The Labute approximate surface area is 189 Å². The van der Waals surface area contributed by atoms with Crippen molar-refractivity contribution in [1.82, 2.24) is 0 Å². The zero-order valence-electron chi connectivity index (χ0n) is 17.1. The molecule has 32 heavy (non-hydrogen) atoms. The van der Waals surface area contributed by atoms with Crippen molar-refractivity contribution < 1.29 is 18.1 Å². The van der Waals surface area contributed by atoms with Crippen LogP contribution in [0.4, 0.5) is 22.7 Å². The number of hydrogen-bond donors (Lipinski definition) is 2. The monoisotopic (exact) mass is 474 g/mol. The van der Waals surface area contributed by atoms with Gasteiger partial charge in [-0.1, -0.05) is 17.7 Å². The van der Waals surface area contributed by atoms with Crippen molar-refractivity contribution in [2.75, 3.05) is 29.0 Å². The average Bonchev–Trinajstić information content (AvgIpc) is 2.75. The van der Waals surface area contributed by atoms with Crippen molar-refractivity contribution in [2.24, 2.45) is 0 Å². The van der Waals surface area contributed by atoms with Crippen LogP contribution in [0.15, 0.2) is 71.6 Å². The van der Waals surface area contributed by atoms with E-state index in [9.17, 15) is 23.3 Å². The normalized spacial score (nSPS) is 11.0. The van der Waals surface area contributed by atoms with E-state index in [2.05, 4.69) is 10.0 Å². The van der Waals surface area contributed by atoms with Crippen LogP contribution in [0.1, 0.15) is 10.4 Å². The largest absolute Gasteiger partial charge is 0.378 e. The number of benzene rings is 3. The van der Waals surface area contributed by atoms with Crippen LogP contribution in [0.3, 0.4) is 0 Å². The molecule has 0 aliphatic heterocycles. The summed E-state index contributed by atoms with van der Waals surface area (Å²) in [5.74, 6) is -0.582. The van der Waals surface area contributed by atoms with E-state index in [1.807, 2.05) is 31.1 Å². The van der Waals surface area contributed by atoms with Gasteiger partial charge in [-0.05, 0) is 48.5 Å². The van der Waals surface area contributed by atoms with Crippen molar-refractivity contribution in [3.8, 4) is 0 Å². The third-order valence-electron chi connectivity index (χ3n) is 4.45. The van der Waals surface area contributed by atoms with E-state index in [1.165, 1.54) is 36.4 Å². The van der Waals surface area contributed by atoms with Gasteiger partial charge in [0.25, 0.3) is 21.6 Å². The SMILES string of the molecule is CN(C)c1ccc(NC(=O)c2cc(Cl)ccc2NS(=O)(=O)c2cccc([N+](=O)[O-])c2)cc1. The van der Waals surface area contributed by atoms with Gasteiger partial charge < -0.3 is 10.2 Å². The number of amides is 1. The quantitative estimate of drug-likeness (QED) is 0.387. The first-order valence-corrected chi connectivity index (χ1v) is 11.1. The summed E-state index contributed by atoms with van der Waals surface area (Å²) in [4.78, 5) is 24.7. The maximum absolute atomic E-state index is 12.9. The second-order valence-corrected chi connectivity index (χ2v) is 9.06. The summed E-state index contributed by atoms with van der Waals surface area (Å²) >= 11 is 6.03. The van der Waals surface area contributed by atoms with Crippen molar-refractivity contribution in [3.63, 3.8) is 0 Å². The first-order chi connectivity index (χ1) is 15.1. The number of nitro benzene ring substituents is 1. The lowest BCUT2D eigenvalue weighted by molar-refractivity contribution is -0.385. The summed E-state index contributed by atoms with van der Waals surface area (Å²) in [6.07, 6.45) is 0. The highest BCUT2D eigenvalue weighted by Gasteiger charge is 2.21. The van der Waals surface area contributed by atoms with Crippen LogP contribution in [0.25, 0.3) is 0 Å². The van der Waals surface area contributed by atoms with Gasteiger partial charge in [0.1, 0.15) is 0 Å². The number of halogens is 1. The molecular weight excluding hydrogens is 456 g/mol. The van der Waals surface area contributed by atoms with Gasteiger partial charge in [0.15, 0.2) is 0 Å². The van der Waals surface area contributed by atoms with Crippen LogP contribution < -0.4 is 14.9 Å².